The number of aryl methyl sites for hydroxylation is 2. The fourth-order valence-corrected chi connectivity index (χ4v) is 3.36. The van der Waals surface area contributed by atoms with E-state index in [4.69, 9.17) is 0 Å². The van der Waals surface area contributed by atoms with Crippen LogP contribution in [0.1, 0.15) is 49.6 Å². The number of amides is 1. The standard InChI is InChI=1S/C16H25N3OS/c1-10-5-7-14(8-6-10)19-15(20)9-21-16-17-12(3)11(2)13(4)18-16/h10,14H,5-9H2,1-4H3,(H,19,20). The highest BCUT2D eigenvalue weighted by atomic mass is 32.2. The van der Waals surface area contributed by atoms with Gasteiger partial charge in [0.15, 0.2) is 5.16 Å². The van der Waals surface area contributed by atoms with E-state index in [2.05, 4.69) is 22.2 Å². The second-order valence-corrected chi connectivity index (χ2v) is 7.06. The molecule has 1 aliphatic carbocycles. The SMILES string of the molecule is Cc1nc(SCC(=O)NC2CCC(C)CC2)nc(C)c1C. The van der Waals surface area contributed by atoms with Crippen molar-refractivity contribution in [1.29, 1.82) is 0 Å². The molecule has 0 aromatic carbocycles. The lowest BCUT2D eigenvalue weighted by Crippen LogP contribution is -2.38. The van der Waals surface area contributed by atoms with E-state index in [1.807, 2.05) is 20.8 Å². The van der Waals surface area contributed by atoms with Gasteiger partial charge in [-0.3, -0.25) is 4.79 Å². The minimum absolute atomic E-state index is 0.0963. The summed E-state index contributed by atoms with van der Waals surface area (Å²) < 4.78 is 0. The molecule has 0 atom stereocenters. The first-order valence-electron chi connectivity index (χ1n) is 7.69. The van der Waals surface area contributed by atoms with Crippen LogP contribution in [0.15, 0.2) is 5.16 Å². The number of hydrogen-bond acceptors (Lipinski definition) is 4. The summed E-state index contributed by atoms with van der Waals surface area (Å²) in [5, 5.41) is 3.83. The molecule has 1 heterocycles. The molecule has 0 saturated heterocycles. The van der Waals surface area contributed by atoms with Crippen molar-refractivity contribution in [1.82, 2.24) is 15.3 Å². The first-order chi connectivity index (χ1) is 9.95. The summed E-state index contributed by atoms with van der Waals surface area (Å²) in [5.41, 5.74) is 3.11. The zero-order chi connectivity index (χ0) is 15.4. The molecule has 1 fully saturated rings. The molecule has 0 unspecified atom stereocenters. The van der Waals surface area contributed by atoms with Gasteiger partial charge in [-0.2, -0.15) is 0 Å². The Labute approximate surface area is 131 Å². The molecule has 1 aliphatic rings. The average molecular weight is 307 g/mol. The Bertz CT molecular complexity index is 487. The zero-order valence-corrected chi connectivity index (χ0v) is 14.2. The third kappa shape index (κ3) is 4.70. The minimum Gasteiger partial charge on any atom is -0.353 e. The number of thioether (sulfide) groups is 1. The number of aromatic nitrogens is 2. The maximum absolute atomic E-state index is 12.0. The Morgan fingerprint density at radius 1 is 1.14 bits per heavy atom. The van der Waals surface area contributed by atoms with E-state index in [0.717, 1.165) is 35.7 Å². The van der Waals surface area contributed by atoms with Gasteiger partial charge in [-0.05, 0) is 57.9 Å². The molecule has 0 radical (unpaired) electrons. The van der Waals surface area contributed by atoms with E-state index in [1.165, 1.54) is 24.6 Å². The molecule has 0 bridgehead atoms. The predicted molar refractivity (Wildman–Crippen MR) is 86.5 cm³/mol. The maximum Gasteiger partial charge on any atom is 0.230 e. The second-order valence-electron chi connectivity index (χ2n) is 6.11. The van der Waals surface area contributed by atoms with Crippen molar-refractivity contribution < 1.29 is 4.79 Å². The lowest BCUT2D eigenvalue weighted by Gasteiger charge is -2.26. The quantitative estimate of drug-likeness (QED) is 0.685. The van der Waals surface area contributed by atoms with Gasteiger partial charge in [0.2, 0.25) is 5.91 Å². The molecule has 0 aliphatic heterocycles. The van der Waals surface area contributed by atoms with Gasteiger partial charge < -0.3 is 5.32 Å². The molecule has 1 aromatic rings. The summed E-state index contributed by atoms with van der Waals surface area (Å²) in [6.45, 7) is 8.28. The van der Waals surface area contributed by atoms with Gasteiger partial charge in [-0.25, -0.2) is 9.97 Å². The molecule has 21 heavy (non-hydrogen) atoms. The monoisotopic (exact) mass is 307 g/mol. The van der Waals surface area contributed by atoms with Crippen LogP contribution in [-0.2, 0) is 4.79 Å². The highest BCUT2D eigenvalue weighted by molar-refractivity contribution is 7.99. The van der Waals surface area contributed by atoms with Crippen LogP contribution in [0.4, 0.5) is 0 Å². The van der Waals surface area contributed by atoms with Crippen LogP contribution in [0.3, 0.4) is 0 Å². The third-order valence-electron chi connectivity index (χ3n) is 4.33. The van der Waals surface area contributed by atoms with E-state index in [9.17, 15) is 4.79 Å². The Kier molecular flexibility index (Phi) is 5.62. The van der Waals surface area contributed by atoms with Gasteiger partial charge in [-0.1, -0.05) is 18.7 Å². The fourth-order valence-electron chi connectivity index (χ4n) is 2.61. The first-order valence-corrected chi connectivity index (χ1v) is 8.68. The molecule has 1 N–H and O–H groups in total. The molecular formula is C16H25N3OS. The largest absolute Gasteiger partial charge is 0.353 e. The van der Waals surface area contributed by atoms with Crippen molar-refractivity contribution in [2.45, 2.75) is 64.6 Å². The molecule has 1 amide bonds. The van der Waals surface area contributed by atoms with Crippen molar-refractivity contribution in [2.24, 2.45) is 5.92 Å². The number of rotatable bonds is 4. The number of carbonyl (C=O) groups excluding carboxylic acids is 1. The molecule has 0 spiro atoms. The van der Waals surface area contributed by atoms with Crippen LogP contribution >= 0.6 is 11.8 Å². The van der Waals surface area contributed by atoms with Crippen molar-refractivity contribution in [3.05, 3.63) is 17.0 Å². The highest BCUT2D eigenvalue weighted by Crippen LogP contribution is 2.23. The van der Waals surface area contributed by atoms with Crippen LogP contribution in [-0.4, -0.2) is 27.7 Å². The predicted octanol–water partition coefficient (Wildman–Crippen LogP) is 3.19. The van der Waals surface area contributed by atoms with Crippen molar-refractivity contribution in [3.63, 3.8) is 0 Å². The summed E-state index contributed by atoms with van der Waals surface area (Å²) in [5.74, 6) is 1.30. The first kappa shape index (κ1) is 16.3. The van der Waals surface area contributed by atoms with Crippen LogP contribution in [0.25, 0.3) is 0 Å². The van der Waals surface area contributed by atoms with Crippen molar-refractivity contribution >= 4 is 17.7 Å². The second kappa shape index (κ2) is 7.25. The van der Waals surface area contributed by atoms with Gasteiger partial charge in [0, 0.05) is 17.4 Å². The average Bonchev–Trinajstić information content (AvgIpc) is 2.45. The molecule has 1 saturated carbocycles. The van der Waals surface area contributed by atoms with Gasteiger partial charge in [0.25, 0.3) is 0 Å². The summed E-state index contributed by atoms with van der Waals surface area (Å²) in [4.78, 5) is 20.9. The minimum atomic E-state index is 0.0963. The molecular weight excluding hydrogens is 282 g/mol. The Morgan fingerprint density at radius 3 is 2.29 bits per heavy atom. The summed E-state index contributed by atoms with van der Waals surface area (Å²) in [6.07, 6.45) is 4.66. The number of carbonyl (C=O) groups is 1. The fraction of sp³-hybridized carbons (Fsp3) is 0.688. The van der Waals surface area contributed by atoms with E-state index >= 15 is 0 Å². The third-order valence-corrected chi connectivity index (χ3v) is 5.17. The topological polar surface area (TPSA) is 54.9 Å². The highest BCUT2D eigenvalue weighted by Gasteiger charge is 2.19. The number of nitrogens with zero attached hydrogens (tertiary/aromatic N) is 2. The molecule has 5 heteroatoms. The summed E-state index contributed by atoms with van der Waals surface area (Å²) >= 11 is 1.42. The Morgan fingerprint density at radius 2 is 1.71 bits per heavy atom. The van der Waals surface area contributed by atoms with E-state index in [-0.39, 0.29) is 5.91 Å². The van der Waals surface area contributed by atoms with Gasteiger partial charge in [0.05, 0.1) is 5.75 Å². The van der Waals surface area contributed by atoms with Crippen LogP contribution in [0.2, 0.25) is 0 Å². The van der Waals surface area contributed by atoms with Crippen molar-refractivity contribution in [2.75, 3.05) is 5.75 Å². The molecule has 116 valence electrons. The molecule has 2 rings (SSSR count). The van der Waals surface area contributed by atoms with Crippen LogP contribution in [0.5, 0.6) is 0 Å². The van der Waals surface area contributed by atoms with Gasteiger partial charge in [-0.15, -0.1) is 0 Å². The van der Waals surface area contributed by atoms with E-state index in [1.54, 1.807) is 0 Å². The zero-order valence-electron chi connectivity index (χ0n) is 13.4. The van der Waals surface area contributed by atoms with E-state index in [0.29, 0.717) is 17.0 Å². The lowest BCUT2D eigenvalue weighted by atomic mass is 9.87. The normalized spacial score (nSPS) is 22.1. The van der Waals surface area contributed by atoms with Crippen LogP contribution < -0.4 is 5.32 Å². The smallest absolute Gasteiger partial charge is 0.230 e. The molecule has 1 aromatic heterocycles. The maximum atomic E-state index is 12.0. The van der Waals surface area contributed by atoms with Crippen molar-refractivity contribution in [3.8, 4) is 0 Å². The summed E-state index contributed by atoms with van der Waals surface area (Å²) in [7, 11) is 0. The Hall–Kier alpha value is -1.10. The summed E-state index contributed by atoms with van der Waals surface area (Å²) in [6, 6.07) is 0.358. The number of hydrogen-bond donors (Lipinski definition) is 1. The van der Waals surface area contributed by atoms with Gasteiger partial charge in [0.1, 0.15) is 0 Å². The van der Waals surface area contributed by atoms with E-state index < -0.39 is 0 Å². The number of nitrogens with one attached hydrogen (secondary N) is 1. The van der Waals surface area contributed by atoms with Crippen LogP contribution in [0, 0.1) is 26.7 Å². The molecule has 4 nitrogen and oxygen atoms in total. The van der Waals surface area contributed by atoms with Gasteiger partial charge >= 0.3 is 0 Å². The lowest BCUT2D eigenvalue weighted by molar-refractivity contribution is -0.119. The Balaban J connectivity index is 1.81.